The minimum atomic E-state index is -0.424. The number of methoxy groups -OCH3 is 1. The number of hydrogen-bond acceptors (Lipinski definition) is 2. The number of hydrogen-bond donors (Lipinski definition) is 0. The third-order valence-electron chi connectivity index (χ3n) is 2.08. The van der Waals surface area contributed by atoms with E-state index in [9.17, 15) is 4.79 Å². The molecule has 0 aliphatic carbocycles. The highest BCUT2D eigenvalue weighted by Gasteiger charge is 2.08. The fourth-order valence-corrected chi connectivity index (χ4v) is 1.42. The fourth-order valence-electron chi connectivity index (χ4n) is 1.23. The van der Waals surface area contributed by atoms with E-state index in [2.05, 4.69) is 11.3 Å². The van der Waals surface area contributed by atoms with Gasteiger partial charge in [0.1, 0.15) is 0 Å². The molecule has 0 aromatic heterocycles. The third kappa shape index (κ3) is 3.24. The minimum Gasteiger partial charge on any atom is -0.466 e. The van der Waals surface area contributed by atoms with Crippen molar-refractivity contribution < 1.29 is 9.53 Å². The van der Waals surface area contributed by atoms with Crippen LogP contribution in [0, 0.1) is 0 Å². The van der Waals surface area contributed by atoms with Crippen molar-refractivity contribution in [1.82, 2.24) is 0 Å². The van der Waals surface area contributed by atoms with Gasteiger partial charge in [0.2, 0.25) is 0 Å². The smallest absolute Gasteiger partial charge is 0.334 e. The molecule has 1 aromatic rings. The summed E-state index contributed by atoms with van der Waals surface area (Å²) in [4.78, 5) is 11.3. The number of alkyl halides is 1. The van der Waals surface area contributed by atoms with Crippen LogP contribution in [0.5, 0.6) is 0 Å². The van der Waals surface area contributed by atoms with Gasteiger partial charge in [-0.3, -0.25) is 0 Å². The highest BCUT2D eigenvalue weighted by molar-refractivity contribution is 6.22. The lowest BCUT2D eigenvalue weighted by Crippen LogP contribution is -2.06. The molecule has 1 rings (SSSR count). The third-order valence-corrected chi connectivity index (χ3v) is 2.37. The van der Waals surface area contributed by atoms with Crippen LogP contribution in [0.25, 0.3) is 5.57 Å². The maximum atomic E-state index is 11.3. The number of ether oxygens (including phenoxy) is 1. The van der Waals surface area contributed by atoms with E-state index in [1.165, 1.54) is 7.11 Å². The van der Waals surface area contributed by atoms with Crippen molar-refractivity contribution in [2.24, 2.45) is 0 Å². The van der Waals surface area contributed by atoms with Gasteiger partial charge in [0.15, 0.2) is 0 Å². The molecule has 0 atom stereocenters. The highest BCUT2D eigenvalue weighted by atomic mass is 35.5. The summed E-state index contributed by atoms with van der Waals surface area (Å²) in [6.07, 6.45) is 1.65. The van der Waals surface area contributed by atoms with Crippen LogP contribution in [0.2, 0.25) is 0 Å². The molecule has 0 radical (unpaired) electrons. The van der Waals surface area contributed by atoms with Gasteiger partial charge >= 0.3 is 5.97 Å². The van der Waals surface area contributed by atoms with Gasteiger partial charge in [0, 0.05) is 0 Å². The molecular weight excluding hydrogens is 224 g/mol. The second-order valence-electron chi connectivity index (χ2n) is 3.19. The Labute approximate surface area is 100 Å². The molecule has 2 nitrogen and oxygen atoms in total. The Hall–Kier alpha value is -1.54. The Morgan fingerprint density at radius 1 is 1.44 bits per heavy atom. The average molecular weight is 237 g/mol. The van der Waals surface area contributed by atoms with Gasteiger partial charge < -0.3 is 4.74 Å². The number of benzene rings is 1. The Kier molecular flexibility index (Phi) is 4.80. The van der Waals surface area contributed by atoms with Crippen molar-refractivity contribution in [3.05, 3.63) is 54.1 Å². The maximum absolute atomic E-state index is 11.3. The minimum absolute atomic E-state index is 0.110. The van der Waals surface area contributed by atoms with Crippen LogP contribution in [0.4, 0.5) is 0 Å². The number of halogens is 1. The van der Waals surface area contributed by atoms with Crippen molar-refractivity contribution in [3.8, 4) is 0 Å². The first kappa shape index (κ1) is 12.5. The van der Waals surface area contributed by atoms with E-state index < -0.39 is 5.97 Å². The Bertz CT molecular complexity index is 407. The normalized spacial score (nSPS) is 11.0. The topological polar surface area (TPSA) is 26.3 Å². The van der Waals surface area contributed by atoms with E-state index in [-0.39, 0.29) is 5.88 Å². The van der Waals surface area contributed by atoms with Crippen molar-refractivity contribution in [1.29, 1.82) is 0 Å². The first-order chi connectivity index (χ1) is 7.69. The Balaban J connectivity index is 2.91. The highest BCUT2D eigenvalue weighted by Crippen LogP contribution is 2.16. The van der Waals surface area contributed by atoms with Crippen molar-refractivity contribution in [3.63, 3.8) is 0 Å². The zero-order chi connectivity index (χ0) is 12.0. The fraction of sp³-hybridized carbons (Fsp3) is 0.154. The Morgan fingerprint density at radius 3 is 2.56 bits per heavy atom. The van der Waals surface area contributed by atoms with Crippen molar-refractivity contribution in [2.75, 3.05) is 13.0 Å². The molecule has 84 valence electrons. The van der Waals surface area contributed by atoms with Gasteiger partial charge in [-0.15, -0.1) is 11.6 Å². The zero-order valence-corrected chi connectivity index (χ0v) is 9.83. The molecule has 0 heterocycles. The SMILES string of the molecule is C=C(C=C(CCl)C(=O)OC)c1ccccc1. The molecule has 16 heavy (non-hydrogen) atoms. The largest absolute Gasteiger partial charge is 0.466 e. The molecular formula is C13H13ClO2. The number of carbonyl (C=O) groups excluding carboxylic acids is 1. The first-order valence-electron chi connectivity index (χ1n) is 4.78. The molecule has 0 aliphatic heterocycles. The van der Waals surface area contributed by atoms with Gasteiger partial charge in [0.05, 0.1) is 18.6 Å². The molecule has 0 spiro atoms. The summed E-state index contributed by atoms with van der Waals surface area (Å²) < 4.78 is 4.61. The summed E-state index contributed by atoms with van der Waals surface area (Å²) in [6.45, 7) is 3.89. The van der Waals surface area contributed by atoms with Crippen LogP contribution in [-0.2, 0) is 9.53 Å². The number of allylic oxidation sites excluding steroid dienone is 2. The second-order valence-corrected chi connectivity index (χ2v) is 3.45. The lowest BCUT2D eigenvalue weighted by atomic mass is 10.1. The van der Waals surface area contributed by atoms with Crippen LogP contribution >= 0.6 is 11.6 Å². The molecule has 0 fully saturated rings. The first-order valence-corrected chi connectivity index (χ1v) is 5.31. The summed E-state index contributed by atoms with van der Waals surface area (Å²) in [5.74, 6) is -0.314. The molecule has 0 saturated carbocycles. The summed E-state index contributed by atoms with van der Waals surface area (Å²) in [5.41, 5.74) is 2.09. The molecule has 0 saturated heterocycles. The van der Waals surface area contributed by atoms with Crippen LogP contribution in [0.1, 0.15) is 5.56 Å². The maximum Gasteiger partial charge on any atom is 0.334 e. The van der Waals surface area contributed by atoms with Crippen LogP contribution in [-0.4, -0.2) is 19.0 Å². The number of esters is 1. The molecule has 0 amide bonds. The van der Waals surface area contributed by atoms with Gasteiger partial charge in [-0.25, -0.2) is 4.79 Å². The van der Waals surface area contributed by atoms with E-state index in [0.717, 1.165) is 11.1 Å². The van der Waals surface area contributed by atoms with E-state index in [1.807, 2.05) is 30.3 Å². The predicted octanol–water partition coefficient (Wildman–Crippen LogP) is 3.04. The molecule has 0 N–H and O–H groups in total. The monoisotopic (exact) mass is 236 g/mol. The molecule has 0 bridgehead atoms. The summed E-state index contributed by atoms with van der Waals surface area (Å²) in [6, 6.07) is 9.58. The van der Waals surface area contributed by atoms with Crippen molar-refractivity contribution >= 4 is 23.1 Å². The van der Waals surface area contributed by atoms with E-state index in [0.29, 0.717) is 5.57 Å². The summed E-state index contributed by atoms with van der Waals surface area (Å²) >= 11 is 5.66. The van der Waals surface area contributed by atoms with Gasteiger partial charge in [-0.05, 0) is 17.2 Å². The standard InChI is InChI=1S/C13H13ClO2/c1-10(11-6-4-3-5-7-11)8-12(9-14)13(15)16-2/h3-8H,1,9H2,2H3. The van der Waals surface area contributed by atoms with Crippen LogP contribution < -0.4 is 0 Å². The average Bonchev–Trinajstić information content (AvgIpc) is 2.35. The van der Waals surface area contributed by atoms with Gasteiger partial charge in [-0.1, -0.05) is 36.9 Å². The van der Waals surface area contributed by atoms with Gasteiger partial charge in [-0.2, -0.15) is 0 Å². The summed E-state index contributed by atoms with van der Waals surface area (Å²) in [5, 5.41) is 0. The molecule has 3 heteroatoms. The molecule has 1 aromatic carbocycles. The lowest BCUT2D eigenvalue weighted by molar-refractivity contribution is -0.135. The van der Waals surface area contributed by atoms with Crippen molar-refractivity contribution in [2.45, 2.75) is 0 Å². The second kappa shape index (κ2) is 6.13. The van der Waals surface area contributed by atoms with E-state index >= 15 is 0 Å². The summed E-state index contributed by atoms with van der Waals surface area (Å²) in [7, 11) is 1.33. The molecule has 0 aliphatic rings. The van der Waals surface area contributed by atoms with Crippen LogP contribution in [0.15, 0.2) is 48.6 Å². The quantitative estimate of drug-likeness (QED) is 0.348. The zero-order valence-electron chi connectivity index (χ0n) is 9.07. The Morgan fingerprint density at radius 2 is 2.06 bits per heavy atom. The van der Waals surface area contributed by atoms with E-state index in [4.69, 9.17) is 11.6 Å². The number of rotatable bonds is 4. The lowest BCUT2D eigenvalue weighted by Gasteiger charge is -2.04. The van der Waals surface area contributed by atoms with E-state index in [1.54, 1.807) is 6.08 Å². The molecule has 0 unspecified atom stereocenters. The van der Waals surface area contributed by atoms with Gasteiger partial charge in [0.25, 0.3) is 0 Å². The van der Waals surface area contributed by atoms with Crippen LogP contribution in [0.3, 0.4) is 0 Å². The predicted molar refractivity (Wildman–Crippen MR) is 66.3 cm³/mol. The number of carbonyl (C=O) groups is 1.